The Bertz CT molecular complexity index is 1500. The summed E-state index contributed by atoms with van der Waals surface area (Å²) in [5.74, 6) is -0.228. The number of aryl methyl sites for hydroxylation is 1. The van der Waals surface area contributed by atoms with Crippen LogP contribution in [0, 0.1) is 0 Å². The number of benzene rings is 3. The van der Waals surface area contributed by atoms with Crippen LogP contribution in [0.4, 0.5) is 0 Å². The molecule has 0 bridgehead atoms. The third kappa shape index (κ3) is 4.28. The molecule has 170 valence electrons. The first-order valence-electron chi connectivity index (χ1n) is 11.2. The molecule has 0 atom stereocenters. The maximum atomic E-state index is 12.8. The number of nitrogens with zero attached hydrogens (tertiary/aromatic N) is 4. The lowest BCUT2D eigenvalue weighted by atomic mass is 10.1. The van der Waals surface area contributed by atoms with E-state index in [4.69, 9.17) is 5.10 Å². The molecule has 0 aliphatic heterocycles. The quantitative estimate of drug-likeness (QED) is 0.411. The summed E-state index contributed by atoms with van der Waals surface area (Å²) in [6.45, 7) is 0.913. The average Bonchev–Trinajstić information content (AvgIpc) is 3.38. The lowest BCUT2D eigenvalue weighted by Crippen LogP contribution is -2.32. The SMILES string of the molecule is Cn1c(=O)n(CC(=O)NCc2cn(Cc3ccccc3)nc2-c2ccccc2)c2ccccc21. The third-order valence-corrected chi connectivity index (χ3v) is 5.90. The van der Waals surface area contributed by atoms with Crippen LogP contribution in [-0.4, -0.2) is 24.8 Å². The molecular formula is C27H25N5O2. The molecule has 0 aliphatic carbocycles. The van der Waals surface area contributed by atoms with Crippen LogP contribution < -0.4 is 11.0 Å². The van der Waals surface area contributed by atoms with E-state index in [2.05, 4.69) is 17.4 Å². The van der Waals surface area contributed by atoms with Crippen molar-refractivity contribution in [1.82, 2.24) is 24.2 Å². The summed E-state index contributed by atoms with van der Waals surface area (Å²) in [4.78, 5) is 25.5. The summed E-state index contributed by atoms with van der Waals surface area (Å²) in [6.07, 6.45) is 1.97. The summed E-state index contributed by atoms with van der Waals surface area (Å²) in [5.41, 5.74) is 5.22. The van der Waals surface area contributed by atoms with Gasteiger partial charge in [-0.1, -0.05) is 72.8 Å². The van der Waals surface area contributed by atoms with Crippen LogP contribution in [-0.2, 0) is 31.5 Å². The van der Waals surface area contributed by atoms with E-state index < -0.39 is 0 Å². The number of rotatable bonds is 7. The van der Waals surface area contributed by atoms with Gasteiger partial charge in [0.1, 0.15) is 6.54 Å². The van der Waals surface area contributed by atoms with Gasteiger partial charge in [0.05, 0.1) is 23.3 Å². The highest BCUT2D eigenvalue weighted by Crippen LogP contribution is 2.22. The molecule has 0 saturated carbocycles. The van der Waals surface area contributed by atoms with E-state index in [9.17, 15) is 9.59 Å². The van der Waals surface area contributed by atoms with Gasteiger partial charge in [-0.15, -0.1) is 0 Å². The van der Waals surface area contributed by atoms with Crippen molar-refractivity contribution < 1.29 is 4.79 Å². The van der Waals surface area contributed by atoms with E-state index in [1.807, 2.05) is 83.7 Å². The molecule has 7 heteroatoms. The number of amides is 1. The Morgan fingerprint density at radius 3 is 2.26 bits per heavy atom. The van der Waals surface area contributed by atoms with E-state index >= 15 is 0 Å². The molecule has 2 aromatic heterocycles. The van der Waals surface area contributed by atoms with Crippen LogP contribution in [0.3, 0.4) is 0 Å². The fraction of sp³-hybridized carbons (Fsp3) is 0.148. The fourth-order valence-electron chi connectivity index (χ4n) is 4.19. The number of imidazole rings is 1. The topological polar surface area (TPSA) is 73.8 Å². The second-order valence-corrected chi connectivity index (χ2v) is 8.25. The number of hydrogen-bond donors (Lipinski definition) is 1. The van der Waals surface area contributed by atoms with E-state index in [1.165, 1.54) is 4.57 Å². The van der Waals surface area contributed by atoms with Gasteiger partial charge in [0, 0.05) is 30.9 Å². The molecule has 5 aromatic rings. The standard InChI is InChI=1S/C27H25N5O2/c1-30-23-14-8-9-15-24(23)32(27(30)34)19-25(33)28-16-22-18-31(17-20-10-4-2-5-11-20)29-26(22)21-12-6-3-7-13-21/h2-15,18H,16-17,19H2,1H3,(H,28,33). The molecule has 0 radical (unpaired) electrons. The van der Waals surface area contributed by atoms with Gasteiger partial charge >= 0.3 is 5.69 Å². The Morgan fingerprint density at radius 2 is 1.53 bits per heavy atom. The van der Waals surface area contributed by atoms with Gasteiger partial charge in [-0.25, -0.2) is 4.79 Å². The number of aromatic nitrogens is 4. The van der Waals surface area contributed by atoms with E-state index in [0.29, 0.717) is 13.1 Å². The summed E-state index contributed by atoms with van der Waals surface area (Å²) >= 11 is 0. The Balaban J connectivity index is 1.37. The molecule has 1 amide bonds. The van der Waals surface area contributed by atoms with Gasteiger partial charge in [-0.05, 0) is 17.7 Å². The molecule has 34 heavy (non-hydrogen) atoms. The summed E-state index contributed by atoms with van der Waals surface area (Å²) < 4.78 is 4.96. The van der Waals surface area contributed by atoms with Crippen molar-refractivity contribution >= 4 is 16.9 Å². The van der Waals surface area contributed by atoms with Crippen LogP contribution in [0.2, 0.25) is 0 Å². The largest absolute Gasteiger partial charge is 0.350 e. The van der Waals surface area contributed by atoms with Crippen molar-refractivity contribution in [2.45, 2.75) is 19.6 Å². The maximum absolute atomic E-state index is 12.8. The van der Waals surface area contributed by atoms with Gasteiger partial charge in [-0.2, -0.15) is 5.10 Å². The van der Waals surface area contributed by atoms with Gasteiger partial charge in [0.15, 0.2) is 0 Å². The summed E-state index contributed by atoms with van der Waals surface area (Å²) in [7, 11) is 1.71. The van der Waals surface area contributed by atoms with Crippen molar-refractivity contribution in [2.75, 3.05) is 0 Å². The minimum absolute atomic E-state index is 0.0426. The second-order valence-electron chi connectivity index (χ2n) is 8.25. The van der Waals surface area contributed by atoms with Crippen LogP contribution in [0.25, 0.3) is 22.3 Å². The van der Waals surface area contributed by atoms with Crippen molar-refractivity contribution in [3.8, 4) is 11.3 Å². The maximum Gasteiger partial charge on any atom is 0.329 e. The predicted molar refractivity (Wildman–Crippen MR) is 132 cm³/mol. The molecule has 2 heterocycles. The first-order chi connectivity index (χ1) is 16.6. The van der Waals surface area contributed by atoms with Crippen LogP contribution >= 0.6 is 0 Å². The van der Waals surface area contributed by atoms with Crippen LogP contribution in [0.5, 0.6) is 0 Å². The predicted octanol–water partition coefficient (Wildman–Crippen LogP) is 3.57. The highest BCUT2D eigenvalue weighted by Gasteiger charge is 2.15. The van der Waals surface area contributed by atoms with Crippen molar-refractivity contribution in [1.29, 1.82) is 0 Å². The third-order valence-electron chi connectivity index (χ3n) is 5.90. The number of carbonyl (C=O) groups excluding carboxylic acids is 1. The number of hydrogen-bond acceptors (Lipinski definition) is 3. The number of carbonyl (C=O) groups is 1. The zero-order chi connectivity index (χ0) is 23.5. The minimum Gasteiger partial charge on any atom is -0.350 e. The highest BCUT2D eigenvalue weighted by atomic mass is 16.2. The molecule has 7 nitrogen and oxygen atoms in total. The van der Waals surface area contributed by atoms with Crippen molar-refractivity contribution in [2.24, 2.45) is 7.05 Å². The fourth-order valence-corrected chi connectivity index (χ4v) is 4.19. The zero-order valence-corrected chi connectivity index (χ0v) is 18.9. The first kappa shape index (κ1) is 21.5. The molecule has 5 rings (SSSR count). The molecular weight excluding hydrogens is 426 g/mol. The Hall–Kier alpha value is -4.39. The Labute approximate surface area is 196 Å². The average molecular weight is 452 g/mol. The molecule has 0 unspecified atom stereocenters. The van der Waals surface area contributed by atoms with E-state index in [-0.39, 0.29) is 18.1 Å². The van der Waals surface area contributed by atoms with E-state index in [1.54, 1.807) is 11.6 Å². The van der Waals surface area contributed by atoms with Crippen LogP contribution in [0.15, 0.2) is 95.9 Å². The Kier molecular flexibility index (Phi) is 5.82. The second kappa shape index (κ2) is 9.23. The normalized spacial score (nSPS) is 11.1. The lowest BCUT2D eigenvalue weighted by Gasteiger charge is -2.07. The molecule has 0 saturated heterocycles. The van der Waals surface area contributed by atoms with Crippen molar-refractivity contribution in [3.05, 3.63) is 113 Å². The van der Waals surface area contributed by atoms with E-state index in [0.717, 1.165) is 33.4 Å². The van der Waals surface area contributed by atoms with Gasteiger partial charge in [-0.3, -0.25) is 18.6 Å². The van der Waals surface area contributed by atoms with Gasteiger partial charge < -0.3 is 5.32 Å². The molecule has 0 spiro atoms. The number of fused-ring (bicyclic) bond motifs is 1. The van der Waals surface area contributed by atoms with Crippen molar-refractivity contribution in [3.63, 3.8) is 0 Å². The molecule has 3 aromatic carbocycles. The Morgan fingerprint density at radius 1 is 0.882 bits per heavy atom. The van der Waals surface area contributed by atoms with Crippen LogP contribution in [0.1, 0.15) is 11.1 Å². The first-order valence-corrected chi connectivity index (χ1v) is 11.2. The zero-order valence-electron chi connectivity index (χ0n) is 18.9. The number of nitrogens with one attached hydrogen (secondary N) is 1. The smallest absolute Gasteiger partial charge is 0.329 e. The van der Waals surface area contributed by atoms with Gasteiger partial charge in [0.2, 0.25) is 5.91 Å². The molecule has 0 fully saturated rings. The monoisotopic (exact) mass is 451 g/mol. The lowest BCUT2D eigenvalue weighted by molar-refractivity contribution is -0.121. The highest BCUT2D eigenvalue weighted by molar-refractivity contribution is 5.81. The summed E-state index contributed by atoms with van der Waals surface area (Å²) in [5, 5.41) is 7.78. The van der Waals surface area contributed by atoms with Gasteiger partial charge in [0.25, 0.3) is 0 Å². The molecule has 0 aliphatic rings. The number of para-hydroxylation sites is 2. The molecule has 1 N–H and O–H groups in total. The minimum atomic E-state index is -0.228. The summed E-state index contributed by atoms with van der Waals surface area (Å²) in [6, 6.07) is 27.5.